The number of nitrogens with zero attached hydrogens (tertiary/aromatic N) is 2. The van der Waals surface area contributed by atoms with Gasteiger partial charge >= 0.3 is 0 Å². The van der Waals surface area contributed by atoms with Crippen LogP contribution < -0.4 is 16.0 Å². The fourth-order valence-corrected chi connectivity index (χ4v) is 5.14. The van der Waals surface area contributed by atoms with Crippen LogP contribution in [0.4, 0.5) is 20.2 Å². The lowest BCUT2D eigenvalue weighted by atomic mass is 9.80. The average Bonchev–Trinajstić information content (AvgIpc) is 2.84. The van der Waals surface area contributed by atoms with Crippen LogP contribution >= 0.6 is 0 Å². The maximum Gasteiger partial charge on any atom is 0.286 e. The lowest BCUT2D eigenvalue weighted by Crippen LogP contribution is -2.65. The van der Waals surface area contributed by atoms with Gasteiger partial charge in [-0.15, -0.1) is 0 Å². The van der Waals surface area contributed by atoms with Crippen molar-refractivity contribution in [2.75, 3.05) is 30.0 Å². The number of nitrogens with two attached hydrogens (primary N) is 1. The van der Waals surface area contributed by atoms with Crippen molar-refractivity contribution >= 4 is 17.3 Å². The van der Waals surface area contributed by atoms with Crippen molar-refractivity contribution < 1.29 is 18.3 Å². The van der Waals surface area contributed by atoms with Gasteiger partial charge in [-0.3, -0.25) is 9.78 Å². The number of fused-ring (bicyclic) bond motifs is 3. The van der Waals surface area contributed by atoms with Crippen LogP contribution in [-0.2, 0) is 17.1 Å². The molecule has 2 aliphatic heterocycles. The van der Waals surface area contributed by atoms with Crippen molar-refractivity contribution in [2.45, 2.75) is 44.7 Å². The normalized spacial score (nSPS) is 21.5. The van der Waals surface area contributed by atoms with Gasteiger partial charge in [0, 0.05) is 42.1 Å². The molecule has 0 unspecified atom stereocenters. The van der Waals surface area contributed by atoms with Gasteiger partial charge < -0.3 is 20.7 Å². The summed E-state index contributed by atoms with van der Waals surface area (Å²) in [7, 11) is 0. The van der Waals surface area contributed by atoms with Gasteiger partial charge in [-0.2, -0.15) is 8.78 Å². The number of benzene rings is 2. The minimum atomic E-state index is -3.12. The molecule has 1 fully saturated rings. The summed E-state index contributed by atoms with van der Waals surface area (Å²) in [6.07, 6.45) is 1.99. The van der Waals surface area contributed by atoms with E-state index in [1.807, 2.05) is 25.1 Å². The van der Waals surface area contributed by atoms with Gasteiger partial charge in [0.15, 0.2) is 0 Å². The molecule has 188 valence electrons. The van der Waals surface area contributed by atoms with Crippen molar-refractivity contribution in [1.29, 1.82) is 0 Å². The van der Waals surface area contributed by atoms with E-state index in [1.165, 1.54) is 23.5 Å². The second-order valence-corrected chi connectivity index (χ2v) is 10.1. The highest BCUT2D eigenvalue weighted by Crippen LogP contribution is 2.39. The monoisotopic (exact) mass is 492 g/mol. The van der Waals surface area contributed by atoms with Crippen molar-refractivity contribution in [1.82, 2.24) is 4.98 Å². The molecular formula is C28H30F2N4O2. The third kappa shape index (κ3) is 4.58. The summed E-state index contributed by atoms with van der Waals surface area (Å²) >= 11 is 0. The van der Waals surface area contributed by atoms with Crippen LogP contribution in [0.25, 0.3) is 11.1 Å². The molecule has 0 spiro atoms. The van der Waals surface area contributed by atoms with Gasteiger partial charge in [-0.1, -0.05) is 18.2 Å². The molecule has 0 radical (unpaired) electrons. The van der Waals surface area contributed by atoms with Crippen LogP contribution in [0.1, 0.15) is 41.0 Å². The van der Waals surface area contributed by atoms with E-state index >= 15 is 0 Å². The van der Waals surface area contributed by atoms with Crippen LogP contribution in [0.2, 0.25) is 0 Å². The minimum Gasteiger partial charge on any atom is -0.377 e. The van der Waals surface area contributed by atoms with E-state index in [1.54, 1.807) is 0 Å². The summed E-state index contributed by atoms with van der Waals surface area (Å²) in [6.45, 7) is 6.92. The molecule has 1 aromatic heterocycles. The predicted octanol–water partition coefficient (Wildman–Crippen LogP) is 4.90. The number of ether oxygens (including phenoxy) is 1. The van der Waals surface area contributed by atoms with Crippen molar-refractivity contribution in [3.8, 4) is 11.1 Å². The van der Waals surface area contributed by atoms with E-state index in [9.17, 15) is 13.6 Å². The Morgan fingerprint density at radius 2 is 2.03 bits per heavy atom. The Kier molecular flexibility index (Phi) is 6.04. The van der Waals surface area contributed by atoms with Gasteiger partial charge in [0.1, 0.15) is 5.69 Å². The van der Waals surface area contributed by atoms with Gasteiger partial charge in [0.2, 0.25) is 0 Å². The molecule has 36 heavy (non-hydrogen) atoms. The molecule has 2 aromatic carbocycles. The van der Waals surface area contributed by atoms with Gasteiger partial charge in [0.05, 0.1) is 19.3 Å². The van der Waals surface area contributed by atoms with Crippen LogP contribution in [-0.4, -0.2) is 42.2 Å². The number of nitrogens with one attached hydrogen (secondary N) is 1. The molecule has 0 bridgehead atoms. The molecule has 6 nitrogen and oxygen atoms in total. The number of aryl methyl sites for hydroxylation is 1. The predicted molar refractivity (Wildman–Crippen MR) is 137 cm³/mol. The topological polar surface area (TPSA) is 80.5 Å². The number of halogens is 2. The molecule has 2 atom stereocenters. The Hall–Kier alpha value is -3.36. The SMILES string of the molecule is Cc1ccc(NC(=O)c2ccnc(C(C)(F)F)c2)cc1-c1ccc2c(c1)N1CCOC[C@H]1[C@@](C)(N)C2. The lowest BCUT2D eigenvalue weighted by molar-refractivity contribution is 0.0127. The molecule has 3 N–H and O–H groups in total. The molecule has 0 aliphatic carbocycles. The van der Waals surface area contributed by atoms with E-state index < -0.39 is 17.5 Å². The Morgan fingerprint density at radius 3 is 2.81 bits per heavy atom. The third-order valence-corrected chi connectivity index (χ3v) is 7.13. The first-order valence-corrected chi connectivity index (χ1v) is 12.1. The highest BCUT2D eigenvalue weighted by atomic mass is 19.3. The first kappa shape index (κ1) is 24.3. The fraction of sp³-hybridized carbons (Fsp3) is 0.357. The Morgan fingerprint density at radius 1 is 1.22 bits per heavy atom. The van der Waals surface area contributed by atoms with Crippen LogP contribution in [0.15, 0.2) is 54.7 Å². The molecule has 8 heteroatoms. The van der Waals surface area contributed by atoms with E-state index in [0.717, 1.165) is 42.6 Å². The summed E-state index contributed by atoms with van der Waals surface area (Å²) in [5.74, 6) is -3.60. The quantitative estimate of drug-likeness (QED) is 0.542. The molecule has 3 heterocycles. The smallest absolute Gasteiger partial charge is 0.286 e. The highest BCUT2D eigenvalue weighted by molar-refractivity contribution is 6.04. The Bertz CT molecular complexity index is 1320. The summed E-state index contributed by atoms with van der Waals surface area (Å²) in [6, 6.07) is 14.7. The van der Waals surface area contributed by atoms with Crippen molar-refractivity contribution in [3.05, 3.63) is 77.1 Å². The van der Waals surface area contributed by atoms with Gasteiger partial charge in [-0.05, 0) is 72.9 Å². The van der Waals surface area contributed by atoms with Gasteiger partial charge in [-0.25, -0.2) is 0 Å². The Labute approximate surface area is 209 Å². The zero-order valence-corrected chi connectivity index (χ0v) is 20.6. The molecule has 5 rings (SSSR count). The van der Waals surface area contributed by atoms with Crippen molar-refractivity contribution in [3.63, 3.8) is 0 Å². The fourth-order valence-electron chi connectivity index (χ4n) is 5.14. The van der Waals surface area contributed by atoms with Gasteiger partial charge in [0.25, 0.3) is 11.8 Å². The van der Waals surface area contributed by atoms with E-state index in [-0.39, 0.29) is 17.1 Å². The van der Waals surface area contributed by atoms with Crippen LogP contribution in [0, 0.1) is 6.92 Å². The maximum absolute atomic E-state index is 13.7. The number of pyridine rings is 1. The standard InChI is InChI=1S/C28H30F2N4O2/c1-17-4-7-21(33-26(35)19-8-9-32-24(13-19)28(3,29)30)14-22(17)18-5-6-20-15-27(2,31)25-16-36-11-10-34(25)23(20)12-18/h4-9,12-14,25H,10-11,15-16,31H2,1-3H3,(H,33,35)/t25-,27-/m0/s1. The molecule has 1 amide bonds. The van der Waals surface area contributed by atoms with Crippen LogP contribution in [0.3, 0.4) is 0 Å². The summed E-state index contributed by atoms with van der Waals surface area (Å²) < 4.78 is 33.1. The first-order valence-electron chi connectivity index (χ1n) is 12.1. The lowest BCUT2D eigenvalue weighted by Gasteiger charge is -2.50. The zero-order valence-electron chi connectivity index (χ0n) is 20.6. The molecule has 0 saturated carbocycles. The molecule has 3 aromatic rings. The third-order valence-electron chi connectivity index (χ3n) is 7.13. The summed E-state index contributed by atoms with van der Waals surface area (Å²) in [5, 5.41) is 2.84. The zero-order chi connectivity index (χ0) is 25.7. The largest absolute Gasteiger partial charge is 0.377 e. The summed E-state index contributed by atoms with van der Waals surface area (Å²) in [4.78, 5) is 18.9. The van der Waals surface area contributed by atoms with E-state index in [4.69, 9.17) is 10.5 Å². The number of alkyl halides is 2. The number of aromatic nitrogens is 1. The van der Waals surface area contributed by atoms with Crippen molar-refractivity contribution in [2.24, 2.45) is 5.73 Å². The number of amides is 1. The maximum atomic E-state index is 13.7. The average molecular weight is 493 g/mol. The first-order chi connectivity index (χ1) is 17.0. The number of anilines is 2. The minimum absolute atomic E-state index is 0.112. The number of morpholine rings is 1. The molecule has 1 saturated heterocycles. The van der Waals surface area contributed by atoms with E-state index in [2.05, 4.69) is 40.3 Å². The number of hydrogen-bond acceptors (Lipinski definition) is 5. The van der Waals surface area contributed by atoms with Crippen LogP contribution in [0.5, 0.6) is 0 Å². The highest BCUT2D eigenvalue weighted by Gasteiger charge is 2.42. The van der Waals surface area contributed by atoms with E-state index in [0.29, 0.717) is 18.9 Å². The number of carbonyl (C=O) groups is 1. The Balaban J connectivity index is 1.44. The number of carbonyl (C=O) groups excluding carboxylic acids is 1. The second kappa shape index (κ2) is 8.94. The molecular weight excluding hydrogens is 462 g/mol. The molecule has 2 aliphatic rings. The number of hydrogen-bond donors (Lipinski definition) is 2. The second-order valence-electron chi connectivity index (χ2n) is 10.1. The summed E-state index contributed by atoms with van der Waals surface area (Å²) in [5.41, 5.74) is 12.0. The number of rotatable bonds is 4.